The molecule has 0 saturated carbocycles. The molecule has 1 atom stereocenters. The predicted octanol–water partition coefficient (Wildman–Crippen LogP) is 2.46. The third kappa shape index (κ3) is 2.81. The van der Waals surface area contributed by atoms with Gasteiger partial charge in [-0.2, -0.15) is 4.98 Å². The molecule has 108 valence electrons. The number of nitrogens with one attached hydrogen (secondary N) is 1. The van der Waals surface area contributed by atoms with Gasteiger partial charge in [-0.25, -0.2) is 4.52 Å². The molecule has 1 aliphatic heterocycles. The second-order valence-corrected chi connectivity index (χ2v) is 6.21. The average Bonchev–Trinajstić information content (AvgIpc) is 2.88. The highest BCUT2D eigenvalue weighted by atomic mass is 79.9. The quantitative estimate of drug-likeness (QED) is 0.930. The lowest BCUT2D eigenvalue weighted by Gasteiger charge is -2.35. The van der Waals surface area contributed by atoms with Crippen LogP contribution in [0.25, 0.3) is 5.65 Å². The summed E-state index contributed by atoms with van der Waals surface area (Å²) in [5.41, 5.74) is 0.904. The van der Waals surface area contributed by atoms with Gasteiger partial charge in [-0.15, -0.1) is 5.10 Å². The molecule has 1 N–H and O–H groups in total. The Morgan fingerprint density at radius 2 is 2.30 bits per heavy atom. The van der Waals surface area contributed by atoms with Crippen LogP contribution in [0, 0.1) is 0 Å². The molecule has 3 rings (SSSR count). The Hall–Kier alpha value is -1.14. The molecule has 0 radical (unpaired) electrons. The van der Waals surface area contributed by atoms with Crippen molar-refractivity contribution in [1.82, 2.24) is 19.9 Å². The summed E-state index contributed by atoms with van der Waals surface area (Å²) in [4.78, 5) is 7.05. The number of piperidine rings is 1. The largest absolute Gasteiger partial charge is 0.336 e. The number of anilines is 1. The van der Waals surface area contributed by atoms with Crippen LogP contribution in [0.4, 0.5) is 5.95 Å². The summed E-state index contributed by atoms with van der Waals surface area (Å²) in [6.45, 7) is 2.10. The van der Waals surface area contributed by atoms with Gasteiger partial charge < -0.3 is 10.2 Å². The van der Waals surface area contributed by atoms with E-state index in [1.54, 1.807) is 0 Å². The fraction of sp³-hybridized carbons (Fsp3) is 0.571. The minimum absolute atomic E-state index is 0.553. The second-order valence-electron chi connectivity index (χ2n) is 5.30. The molecule has 0 aliphatic carbocycles. The molecule has 0 bridgehead atoms. The Labute approximate surface area is 127 Å². The third-order valence-corrected chi connectivity index (χ3v) is 4.36. The van der Waals surface area contributed by atoms with Crippen molar-refractivity contribution >= 4 is 27.5 Å². The van der Waals surface area contributed by atoms with Crippen LogP contribution in [-0.4, -0.2) is 40.8 Å². The molecule has 3 heterocycles. The Morgan fingerprint density at radius 1 is 1.40 bits per heavy atom. The standard InChI is InChI=1S/C14H20BrN5/c1-16-8-7-12-4-2-3-9-19(12)14-17-13-6-5-11(15)10-20(13)18-14/h5-6,10,12,16H,2-4,7-9H2,1H3. The summed E-state index contributed by atoms with van der Waals surface area (Å²) in [5, 5.41) is 7.88. The fourth-order valence-corrected chi connectivity index (χ4v) is 3.17. The van der Waals surface area contributed by atoms with Gasteiger partial charge in [-0.3, -0.25) is 0 Å². The highest BCUT2D eigenvalue weighted by Gasteiger charge is 2.25. The lowest BCUT2D eigenvalue weighted by Crippen LogP contribution is -2.41. The topological polar surface area (TPSA) is 45.5 Å². The third-order valence-electron chi connectivity index (χ3n) is 3.90. The van der Waals surface area contributed by atoms with Crippen LogP contribution < -0.4 is 10.2 Å². The van der Waals surface area contributed by atoms with Crippen molar-refractivity contribution in [3.05, 3.63) is 22.8 Å². The van der Waals surface area contributed by atoms with E-state index in [1.165, 1.54) is 19.3 Å². The Kier molecular flexibility index (Phi) is 4.21. The Morgan fingerprint density at radius 3 is 3.15 bits per heavy atom. The van der Waals surface area contributed by atoms with E-state index in [-0.39, 0.29) is 0 Å². The highest BCUT2D eigenvalue weighted by Crippen LogP contribution is 2.24. The Balaban J connectivity index is 1.86. The summed E-state index contributed by atoms with van der Waals surface area (Å²) in [6.07, 6.45) is 6.88. The zero-order chi connectivity index (χ0) is 13.9. The average molecular weight is 338 g/mol. The van der Waals surface area contributed by atoms with Crippen molar-refractivity contribution < 1.29 is 0 Å². The van der Waals surface area contributed by atoms with E-state index in [1.807, 2.05) is 29.9 Å². The lowest BCUT2D eigenvalue weighted by molar-refractivity contribution is 0.427. The number of hydrogen-bond acceptors (Lipinski definition) is 4. The van der Waals surface area contributed by atoms with Gasteiger partial charge in [0.1, 0.15) is 0 Å². The zero-order valence-electron chi connectivity index (χ0n) is 11.7. The van der Waals surface area contributed by atoms with Crippen LogP contribution >= 0.6 is 15.9 Å². The molecular formula is C14H20BrN5. The van der Waals surface area contributed by atoms with Crippen LogP contribution in [0.15, 0.2) is 22.8 Å². The van der Waals surface area contributed by atoms with Gasteiger partial charge in [0.25, 0.3) is 0 Å². The molecule has 0 aromatic carbocycles. The fourth-order valence-electron chi connectivity index (χ4n) is 2.84. The molecule has 20 heavy (non-hydrogen) atoms. The number of hydrogen-bond donors (Lipinski definition) is 1. The molecule has 2 aromatic heterocycles. The van der Waals surface area contributed by atoms with Crippen molar-refractivity contribution in [2.24, 2.45) is 0 Å². The first kappa shape index (κ1) is 13.8. The number of fused-ring (bicyclic) bond motifs is 1. The molecule has 1 saturated heterocycles. The Bertz CT molecular complexity index is 582. The van der Waals surface area contributed by atoms with E-state index < -0.39 is 0 Å². The van der Waals surface area contributed by atoms with Gasteiger partial charge in [0, 0.05) is 23.3 Å². The molecular weight excluding hydrogens is 318 g/mol. The van der Waals surface area contributed by atoms with Crippen molar-refractivity contribution in [1.29, 1.82) is 0 Å². The van der Waals surface area contributed by atoms with Gasteiger partial charge in [0.15, 0.2) is 5.65 Å². The first-order chi connectivity index (χ1) is 9.78. The zero-order valence-corrected chi connectivity index (χ0v) is 13.3. The molecule has 6 heteroatoms. The summed E-state index contributed by atoms with van der Waals surface area (Å²) in [7, 11) is 2.01. The molecule has 1 aliphatic rings. The van der Waals surface area contributed by atoms with E-state index in [0.29, 0.717) is 6.04 Å². The summed E-state index contributed by atoms with van der Waals surface area (Å²) in [6, 6.07) is 4.55. The van der Waals surface area contributed by atoms with Crippen molar-refractivity contribution in [3.8, 4) is 0 Å². The second kappa shape index (κ2) is 6.10. The molecule has 0 amide bonds. The SMILES string of the molecule is CNCCC1CCCCN1c1nc2ccc(Br)cn2n1. The molecule has 0 spiro atoms. The normalized spacial score (nSPS) is 19.7. The van der Waals surface area contributed by atoms with Gasteiger partial charge in [-0.05, 0) is 67.3 Å². The van der Waals surface area contributed by atoms with Gasteiger partial charge in [0.05, 0.1) is 0 Å². The van der Waals surface area contributed by atoms with Crippen LogP contribution in [0.5, 0.6) is 0 Å². The van der Waals surface area contributed by atoms with Crippen molar-refractivity contribution in [2.45, 2.75) is 31.7 Å². The lowest BCUT2D eigenvalue weighted by atomic mass is 10.00. The van der Waals surface area contributed by atoms with E-state index in [0.717, 1.165) is 35.6 Å². The molecule has 5 nitrogen and oxygen atoms in total. The van der Waals surface area contributed by atoms with Gasteiger partial charge in [0.2, 0.25) is 5.95 Å². The predicted molar refractivity (Wildman–Crippen MR) is 84.2 cm³/mol. The minimum Gasteiger partial charge on any atom is -0.336 e. The first-order valence-electron chi connectivity index (χ1n) is 7.21. The van der Waals surface area contributed by atoms with Crippen molar-refractivity contribution in [3.63, 3.8) is 0 Å². The molecule has 1 fully saturated rings. The highest BCUT2D eigenvalue weighted by molar-refractivity contribution is 9.10. The van der Waals surface area contributed by atoms with E-state index in [4.69, 9.17) is 0 Å². The van der Waals surface area contributed by atoms with Gasteiger partial charge >= 0.3 is 0 Å². The maximum absolute atomic E-state index is 4.67. The first-order valence-corrected chi connectivity index (χ1v) is 8.00. The van der Waals surface area contributed by atoms with Gasteiger partial charge in [-0.1, -0.05) is 0 Å². The van der Waals surface area contributed by atoms with Crippen LogP contribution in [0.1, 0.15) is 25.7 Å². The maximum atomic E-state index is 4.67. The summed E-state index contributed by atoms with van der Waals surface area (Å²) >= 11 is 3.47. The van der Waals surface area contributed by atoms with Crippen LogP contribution in [0.2, 0.25) is 0 Å². The number of rotatable bonds is 4. The summed E-state index contributed by atoms with van der Waals surface area (Å²) in [5.74, 6) is 0.865. The van der Waals surface area contributed by atoms with E-state index in [9.17, 15) is 0 Å². The number of nitrogens with zero attached hydrogens (tertiary/aromatic N) is 4. The number of halogens is 1. The number of aromatic nitrogens is 3. The number of pyridine rings is 1. The maximum Gasteiger partial charge on any atom is 0.245 e. The molecule has 2 aromatic rings. The van der Waals surface area contributed by atoms with Crippen molar-refractivity contribution in [2.75, 3.05) is 25.0 Å². The smallest absolute Gasteiger partial charge is 0.245 e. The van der Waals surface area contributed by atoms with E-state index >= 15 is 0 Å². The molecule has 1 unspecified atom stereocenters. The van der Waals surface area contributed by atoms with Crippen LogP contribution in [-0.2, 0) is 0 Å². The minimum atomic E-state index is 0.553. The van der Waals surface area contributed by atoms with Crippen LogP contribution in [0.3, 0.4) is 0 Å². The monoisotopic (exact) mass is 337 g/mol. The van der Waals surface area contributed by atoms with E-state index in [2.05, 4.69) is 36.2 Å². The summed E-state index contributed by atoms with van der Waals surface area (Å²) < 4.78 is 2.87.